The fraction of sp³-hybridized carbons (Fsp3) is 0.0833. The summed E-state index contributed by atoms with van der Waals surface area (Å²) < 4.78 is 38.2. The van der Waals surface area contributed by atoms with Crippen LogP contribution in [0.15, 0.2) is 30.3 Å². The minimum absolute atomic E-state index is 0.0114. The summed E-state index contributed by atoms with van der Waals surface area (Å²) in [6, 6.07) is 9.73. The highest BCUT2D eigenvalue weighted by Crippen LogP contribution is 2.35. The molecule has 0 fully saturated rings. The molecule has 7 heteroatoms. The van der Waals surface area contributed by atoms with Crippen molar-refractivity contribution in [2.75, 3.05) is 5.73 Å². The largest absolute Gasteiger partial charge is 0.422 e. The molecule has 96 valence electrons. The van der Waals surface area contributed by atoms with E-state index in [2.05, 4.69) is 9.97 Å². The molecule has 0 saturated carbocycles. The number of aromatic nitrogens is 2. The molecular weight excluding hydrogens is 257 g/mol. The van der Waals surface area contributed by atoms with E-state index in [-0.39, 0.29) is 5.82 Å². The van der Waals surface area contributed by atoms with Crippen LogP contribution in [0.5, 0.6) is 0 Å². The molecule has 0 aliphatic carbocycles. The first-order valence-electron chi connectivity index (χ1n) is 5.13. The van der Waals surface area contributed by atoms with E-state index in [0.29, 0.717) is 5.56 Å². The van der Waals surface area contributed by atoms with Gasteiger partial charge in [-0.15, -0.1) is 0 Å². The number of alkyl halides is 3. The molecule has 0 spiro atoms. The van der Waals surface area contributed by atoms with Gasteiger partial charge in [0.1, 0.15) is 17.5 Å². The standard InChI is InChI=1S/C12H7F3N4/c13-12(14,15)9-8(6-16)18-11(19-10(9)17)7-4-2-1-3-5-7/h1-5H,(H2,17,18,19). The quantitative estimate of drug-likeness (QED) is 0.859. The average Bonchev–Trinajstić information content (AvgIpc) is 2.37. The molecule has 2 aromatic rings. The summed E-state index contributed by atoms with van der Waals surface area (Å²) in [5.41, 5.74) is 3.71. The smallest absolute Gasteiger partial charge is 0.383 e. The number of nitrogens with zero attached hydrogens (tertiary/aromatic N) is 3. The molecule has 0 amide bonds. The number of benzene rings is 1. The topological polar surface area (TPSA) is 75.6 Å². The third kappa shape index (κ3) is 2.47. The van der Waals surface area contributed by atoms with Gasteiger partial charge < -0.3 is 5.73 Å². The minimum atomic E-state index is -4.76. The third-order valence-corrected chi connectivity index (χ3v) is 2.36. The van der Waals surface area contributed by atoms with Crippen LogP contribution in [0.1, 0.15) is 11.3 Å². The van der Waals surface area contributed by atoms with Crippen molar-refractivity contribution in [3.05, 3.63) is 41.6 Å². The van der Waals surface area contributed by atoms with E-state index in [9.17, 15) is 13.2 Å². The highest BCUT2D eigenvalue weighted by atomic mass is 19.4. The molecule has 1 aromatic carbocycles. The van der Waals surface area contributed by atoms with Crippen LogP contribution in [0.2, 0.25) is 0 Å². The first-order valence-corrected chi connectivity index (χ1v) is 5.13. The number of hydrogen-bond donors (Lipinski definition) is 1. The van der Waals surface area contributed by atoms with Crippen LogP contribution in [-0.4, -0.2) is 9.97 Å². The van der Waals surface area contributed by atoms with E-state index in [0.717, 1.165) is 0 Å². The van der Waals surface area contributed by atoms with Crippen LogP contribution in [0.3, 0.4) is 0 Å². The van der Waals surface area contributed by atoms with Crippen molar-refractivity contribution in [2.24, 2.45) is 0 Å². The summed E-state index contributed by atoms with van der Waals surface area (Å²) in [7, 11) is 0. The molecule has 2 rings (SSSR count). The molecule has 19 heavy (non-hydrogen) atoms. The molecule has 4 nitrogen and oxygen atoms in total. The molecule has 2 N–H and O–H groups in total. The monoisotopic (exact) mass is 264 g/mol. The highest BCUT2D eigenvalue weighted by Gasteiger charge is 2.38. The summed E-state index contributed by atoms with van der Waals surface area (Å²) >= 11 is 0. The van der Waals surface area contributed by atoms with Crippen molar-refractivity contribution in [1.82, 2.24) is 9.97 Å². The Morgan fingerprint density at radius 3 is 2.26 bits per heavy atom. The van der Waals surface area contributed by atoms with Crippen LogP contribution < -0.4 is 5.73 Å². The molecule has 0 aliphatic rings. The van der Waals surface area contributed by atoms with Crippen molar-refractivity contribution in [3.8, 4) is 17.5 Å². The maximum absolute atomic E-state index is 12.7. The normalized spacial score (nSPS) is 11.1. The van der Waals surface area contributed by atoms with E-state index in [1.807, 2.05) is 0 Å². The first-order chi connectivity index (χ1) is 8.93. The molecule has 0 radical (unpaired) electrons. The zero-order valence-electron chi connectivity index (χ0n) is 9.44. The first kappa shape index (κ1) is 12.8. The van der Waals surface area contributed by atoms with Crippen molar-refractivity contribution in [1.29, 1.82) is 5.26 Å². The number of rotatable bonds is 1. The van der Waals surface area contributed by atoms with Gasteiger partial charge in [0.15, 0.2) is 11.5 Å². The maximum atomic E-state index is 12.7. The lowest BCUT2D eigenvalue weighted by atomic mass is 10.1. The van der Waals surface area contributed by atoms with E-state index >= 15 is 0 Å². The number of nitriles is 1. The van der Waals surface area contributed by atoms with Gasteiger partial charge in [-0.2, -0.15) is 18.4 Å². The Morgan fingerprint density at radius 2 is 1.74 bits per heavy atom. The summed E-state index contributed by atoms with van der Waals surface area (Å²) in [6.45, 7) is 0. The summed E-state index contributed by atoms with van der Waals surface area (Å²) in [6.07, 6.45) is -4.76. The summed E-state index contributed by atoms with van der Waals surface area (Å²) in [4.78, 5) is 7.23. The van der Waals surface area contributed by atoms with Crippen molar-refractivity contribution in [2.45, 2.75) is 6.18 Å². The van der Waals surface area contributed by atoms with Crippen LogP contribution in [0, 0.1) is 11.3 Å². The predicted octanol–water partition coefficient (Wildman–Crippen LogP) is 2.62. The number of hydrogen-bond acceptors (Lipinski definition) is 4. The van der Waals surface area contributed by atoms with E-state index in [1.165, 1.54) is 6.07 Å². The van der Waals surface area contributed by atoms with Gasteiger partial charge in [0.25, 0.3) is 0 Å². The van der Waals surface area contributed by atoms with Crippen molar-refractivity contribution >= 4 is 5.82 Å². The fourth-order valence-electron chi connectivity index (χ4n) is 1.55. The molecule has 0 bridgehead atoms. The predicted molar refractivity (Wildman–Crippen MR) is 61.6 cm³/mol. The second-order valence-electron chi connectivity index (χ2n) is 3.63. The van der Waals surface area contributed by atoms with Gasteiger partial charge in [0.05, 0.1) is 0 Å². The number of halogens is 3. The van der Waals surface area contributed by atoms with Gasteiger partial charge in [-0.1, -0.05) is 30.3 Å². The molecule has 1 aromatic heterocycles. The number of nitrogens with two attached hydrogens (primary N) is 1. The second-order valence-corrected chi connectivity index (χ2v) is 3.63. The molecule has 0 atom stereocenters. The Morgan fingerprint density at radius 1 is 1.11 bits per heavy atom. The van der Waals surface area contributed by atoms with Gasteiger partial charge in [-0.05, 0) is 0 Å². The Bertz CT molecular complexity index is 645. The minimum Gasteiger partial charge on any atom is -0.383 e. The zero-order valence-corrected chi connectivity index (χ0v) is 9.44. The summed E-state index contributed by atoms with van der Waals surface area (Å²) in [5.74, 6) is -0.763. The highest BCUT2D eigenvalue weighted by molar-refractivity contribution is 5.60. The van der Waals surface area contributed by atoms with Gasteiger partial charge in [-0.3, -0.25) is 0 Å². The third-order valence-electron chi connectivity index (χ3n) is 2.36. The molecular formula is C12H7F3N4. The van der Waals surface area contributed by atoms with Gasteiger partial charge in [-0.25, -0.2) is 9.97 Å². The van der Waals surface area contributed by atoms with E-state index < -0.39 is 23.3 Å². The van der Waals surface area contributed by atoms with E-state index in [1.54, 1.807) is 30.3 Å². The second kappa shape index (κ2) is 4.57. The average molecular weight is 264 g/mol. The molecule has 0 unspecified atom stereocenters. The number of nitrogen functional groups attached to an aromatic ring is 1. The lowest BCUT2D eigenvalue weighted by Gasteiger charge is -2.11. The van der Waals surface area contributed by atoms with Crippen LogP contribution in [-0.2, 0) is 6.18 Å². The van der Waals surface area contributed by atoms with Gasteiger partial charge in [0.2, 0.25) is 0 Å². The van der Waals surface area contributed by atoms with Crippen LogP contribution in [0.25, 0.3) is 11.4 Å². The molecule has 0 saturated heterocycles. The van der Waals surface area contributed by atoms with Crippen molar-refractivity contribution < 1.29 is 13.2 Å². The van der Waals surface area contributed by atoms with Gasteiger partial charge >= 0.3 is 6.18 Å². The van der Waals surface area contributed by atoms with Crippen molar-refractivity contribution in [3.63, 3.8) is 0 Å². The van der Waals surface area contributed by atoms with Crippen LogP contribution >= 0.6 is 0 Å². The summed E-state index contributed by atoms with van der Waals surface area (Å²) in [5, 5.41) is 8.78. The molecule has 1 heterocycles. The zero-order chi connectivity index (χ0) is 14.0. The number of anilines is 1. The van der Waals surface area contributed by atoms with Gasteiger partial charge in [0, 0.05) is 5.56 Å². The lowest BCUT2D eigenvalue weighted by molar-refractivity contribution is -0.137. The Labute approximate surface area is 106 Å². The van der Waals surface area contributed by atoms with E-state index in [4.69, 9.17) is 11.0 Å². The fourth-order valence-corrected chi connectivity index (χ4v) is 1.55. The maximum Gasteiger partial charge on any atom is 0.422 e. The SMILES string of the molecule is N#Cc1nc(-c2ccccc2)nc(N)c1C(F)(F)F. The van der Waals surface area contributed by atoms with Crippen LogP contribution in [0.4, 0.5) is 19.0 Å². The Hall–Kier alpha value is -2.62. The Kier molecular flexibility index (Phi) is 3.09. The molecule has 0 aliphatic heterocycles. The Balaban J connectivity index is 2.65. The lowest BCUT2D eigenvalue weighted by Crippen LogP contribution is -2.15.